The molecule has 0 fully saturated rings. The Bertz CT molecular complexity index is 572. The lowest BCUT2D eigenvalue weighted by Crippen LogP contribution is -2.24. The van der Waals surface area contributed by atoms with E-state index in [-0.39, 0.29) is 0 Å². The van der Waals surface area contributed by atoms with Crippen LogP contribution >= 0.6 is 23.2 Å². The van der Waals surface area contributed by atoms with Crippen LogP contribution in [0.15, 0.2) is 42.7 Å². The molecule has 2 rings (SSSR count). The van der Waals surface area contributed by atoms with Gasteiger partial charge in [0, 0.05) is 29.9 Å². The molecule has 0 spiro atoms. The van der Waals surface area contributed by atoms with Gasteiger partial charge >= 0.3 is 0 Å². The minimum atomic E-state index is 0.296. The van der Waals surface area contributed by atoms with Gasteiger partial charge in [-0.3, -0.25) is 4.98 Å². The summed E-state index contributed by atoms with van der Waals surface area (Å²) in [5.74, 6) is 0.296. The Balaban J connectivity index is 2.20. The predicted molar refractivity (Wildman–Crippen MR) is 90.3 cm³/mol. The van der Waals surface area contributed by atoms with Gasteiger partial charge in [-0.25, -0.2) is 0 Å². The summed E-state index contributed by atoms with van der Waals surface area (Å²) in [7, 11) is 0. The lowest BCUT2D eigenvalue weighted by atomic mass is 9.92. The molecule has 1 aromatic carbocycles. The van der Waals surface area contributed by atoms with Gasteiger partial charge in [0.05, 0.1) is 5.02 Å². The van der Waals surface area contributed by atoms with Crippen molar-refractivity contribution in [2.24, 2.45) is 0 Å². The molecule has 4 heteroatoms. The van der Waals surface area contributed by atoms with Crippen LogP contribution in [-0.2, 0) is 6.42 Å². The molecule has 0 aliphatic rings. The molecule has 1 aromatic heterocycles. The highest BCUT2D eigenvalue weighted by atomic mass is 35.5. The number of halogens is 2. The van der Waals surface area contributed by atoms with E-state index in [9.17, 15) is 0 Å². The molecule has 2 aromatic rings. The molecule has 0 saturated carbocycles. The van der Waals surface area contributed by atoms with Crippen molar-refractivity contribution >= 4 is 23.2 Å². The van der Waals surface area contributed by atoms with Crippen LogP contribution in [0.4, 0.5) is 0 Å². The van der Waals surface area contributed by atoms with Crippen LogP contribution in [0.3, 0.4) is 0 Å². The molecule has 112 valence electrons. The Morgan fingerprint density at radius 2 is 1.95 bits per heavy atom. The largest absolute Gasteiger partial charge is 0.316 e. The fourth-order valence-electron chi connectivity index (χ4n) is 2.39. The molecule has 1 unspecified atom stereocenters. The first-order chi connectivity index (χ1) is 10.2. The highest BCUT2D eigenvalue weighted by Crippen LogP contribution is 2.29. The molecular weight excluding hydrogens is 303 g/mol. The molecule has 0 aliphatic heterocycles. The van der Waals surface area contributed by atoms with Gasteiger partial charge in [-0.2, -0.15) is 0 Å². The van der Waals surface area contributed by atoms with Gasteiger partial charge in [0.2, 0.25) is 0 Å². The second-order valence-corrected chi connectivity index (χ2v) is 5.91. The number of nitrogens with one attached hydrogen (secondary N) is 1. The summed E-state index contributed by atoms with van der Waals surface area (Å²) in [6, 6.07) is 10.0. The maximum Gasteiger partial charge on any atom is 0.0621 e. The van der Waals surface area contributed by atoms with Gasteiger partial charge < -0.3 is 5.32 Å². The van der Waals surface area contributed by atoms with Gasteiger partial charge in [-0.05, 0) is 42.6 Å². The van der Waals surface area contributed by atoms with E-state index in [0.29, 0.717) is 10.9 Å². The van der Waals surface area contributed by atoms with Crippen LogP contribution in [0.1, 0.15) is 30.4 Å². The van der Waals surface area contributed by atoms with Crippen molar-refractivity contribution in [2.75, 3.05) is 13.1 Å². The Hall–Kier alpha value is -1.09. The first-order valence-electron chi connectivity index (χ1n) is 7.26. The van der Waals surface area contributed by atoms with E-state index >= 15 is 0 Å². The maximum atomic E-state index is 6.36. The second-order valence-electron chi connectivity index (χ2n) is 5.09. The smallest absolute Gasteiger partial charge is 0.0621 e. The van der Waals surface area contributed by atoms with E-state index in [4.69, 9.17) is 23.2 Å². The predicted octanol–water partition coefficient (Wildman–Crippen LogP) is 4.71. The summed E-state index contributed by atoms with van der Waals surface area (Å²) < 4.78 is 0. The third-order valence-corrected chi connectivity index (χ3v) is 4.17. The molecular formula is C17H20Cl2N2. The summed E-state index contributed by atoms with van der Waals surface area (Å²) in [6.07, 6.45) is 5.44. The normalized spacial score (nSPS) is 12.3. The van der Waals surface area contributed by atoms with Crippen LogP contribution in [0.2, 0.25) is 10.0 Å². The van der Waals surface area contributed by atoms with E-state index in [1.54, 1.807) is 12.4 Å². The zero-order valence-corrected chi connectivity index (χ0v) is 13.7. The number of nitrogens with zero attached hydrogens (tertiary/aromatic N) is 1. The van der Waals surface area contributed by atoms with E-state index in [0.717, 1.165) is 42.1 Å². The molecule has 1 N–H and O–H groups in total. The van der Waals surface area contributed by atoms with E-state index in [1.807, 2.05) is 24.3 Å². The van der Waals surface area contributed by atoms with Crippen molar-refractivity contribution in [1.29, 1.82) is 0 Å². The van der Waals surface area contributed by atoms with Crippen LogP contribution in [0.25, 0.3) is 0 Å². The first-order valence-corrected chi connectivity index (χ1v) is 8.01. The minimum absolute atomic E-state index is 0.296. The number of pyridine rings is 1. The van der Waals surface area contributed by atoms with Crippen LogP contribution in [-0.4, -0.2) is 18.1 Å². The van der Waals surface area contributed by atoms with Crippen LogP contribution < -0.4 is 5.32 Å². The molecule has 0 radical (unpaired) electrons. The van der Waals surface area contributed by atoms with Crippen molar-refractivity contribution in [1.82, 2.24) is 10.3 Å². The number of hydrogen-bond acceptors (Lipinski definition) is 2. The molecule has 0 bridgehead atoms. The maximum absolute atomic E-state index is 6.36. The molecule has 21 heavy (non-hydrogen) atoms. The summed E-state index contributed by atoms with van der Waals surface area (Å²) >= 11 is 12.6. The molecule has 1 heterocycles. The number of hydrogen-bond donors (Lipinski definition) is 1. The summed E-state index contributed by atoms with van der Waals surface area (Å²) in [5, 5.41) is 5.01. The fraction of sp³-hybridized carbons (Fsp3) is 0.353. The lowest BCUT2D eigenvalue weighted by molar-refractivity contribution is 0.576. The number of aromatic nitrogens is 1. The number of rotatable bonds is 7. The van der Waals surface area contributed by atoms with Crippen molar-refractivity contribution < 1.29 is 0 Å². The number of benzene rings is 1. The Morgan fingerprint density at radius 3 is 2.67 bits per heavy atom. The molecule has 2 nitrogen and oxygen atoms in total. The van der Waals surface area contributed by atoms with Crippen molar-refractivity contribution in [3.63, 3.8) is 0 Å². The standard InChI is InChI=1S/C17H20Cl2N2/c1-2-8-20-11-14(15-5-3-4-6-16(15)18)10-13-7-9-21-12-17(13)19/h3-7,9,12,14,20H,2,8,10-11H2,1H3. The summed E-state index contributed by atoms with van der Waals surface area (Å²) in [6.45, 7) is 4.05. The van der Waals surface area contributed by atoms with Crippen molar-refractivity contribution in [2.45, 2.75) is 25.7 Å². The van der Waals surface area contributed by atoms with Gasteiger partial charge in [0.1, 0.15) is 0 Å². The molecule has 0 saturated heterocycles. The quantitative estimate of drug-likeness (QED) is 0.746. The van der Waals surface area contributed by atoms with E-state index in [2.05, 4.69) is 23.3 Å². The average Bonchev–Trinajstić information content (AvgIpc) is 2.49. The lowest BCUT2D eigenvalue weighted by Gasteiger charge is -2.20. The average molecular weight is 323 g/mol. The topological polar surface area (TPSA) is 24.9 Å². The first kappa shape index (κ1) is 16.3. The van der Waals surface area contributed by atoms with E-state index < -0.39 is 0 Å². The summed E-state index contributed by atoms with van der Waals surface area (Å²) in [4.78, 5) is 4.04. The molecule has 0 amide bonds. The fourth-order valence-corrected chi connectivity index (χ4v) is 2.87. The Morgan fingerprint density at radius 1 is 1.14 bits per heavy atom. The summed E-state index contributed by atoms with van der Waals surface area (Å²) in [5.41, 5.74) is 2.27. The van der Waals surface area contributed by atoms with Gasteiger partial charge in [-0.1, -0.05) is 48.3 Å². The van der Waals surface area contributed by atoms with Gasteiger partial charge in [0.15, 0.2) is 0 Å². The van der Waals surface area contributed by atoms with E-state index in [1.165, 1.54) is 0 Å². The van der Waals surface area contributed by atoms with Crippen LogP contribution in [0, 0.1) is 0 Å². The van der Waals surface area contributed by atoms with Crippen molar-refractivity contribution in [3.05, 3.63) is 63.9 Å². The molecule has 0 aliphatic carbocycles. The highest BCUT2D eigenvalue weighted by molar-refractivity contribution is 6.31. The highest BCUT2D eigenvalue weighted by Gasteiger charge is 2.16. The molecule has 1 atom stereocenters. The van der Waals surface area contributed by atoms with Crippen LogP contribution in [0.5, 0.6) is 0 Å². The van der Waals surface area contributed by atoms with Gasteiger partial charge in [0.25, 0.3) is 0 Å². The monoisotopic (exact) mass is 322 g/mol. The zero-order chi connectivity index (χ0) is 15.1. The van der Waals surface area contributed by atoms with Gasteiger partial charge in [-0.15, -0.1) is 0 Å². The SMILES string of the molecule is CCCNCC(Cc1ccncc1Cl)c1ccccc1Cl. The third kappa shape index (κ3) is 4.70. The van der Waals surface area contributed by atoms with Crippen molar-refractivity contribution in [3.8, 4) is 0 Å². The second kappa shape index (κ2) is 8.38. The third-order valence-electron chi connectivity index (χ3n) is 3.49. The minimum Gasteiger partial charge on any atom is -0.316 e. The Labute approximate surface area is 136 Å². The Kier molecular flexibility index (Phi) is 6.50. The zero-order valence-electron chi connectivity index (χ0n) is 12.2.